The van der Waals surface area contributed by atoms with E-state index in [2.05, 4.69) is 16.9 Å². The molecule has 0 fully saturated rings. The van der Waals surface area contributed by atoms with E-state index in [9.17, 15) is 5.11 Å². The third-order valence-electron chi connectivity index (χ3n) is 2.87. The van der Waals surface area contributed by atoms with Crippen molar-refractivity contribution < 1.29 is 5.11 Å². The average molecular weight is 251 g/mol. The largest absolute Gasteiger partial charge is 0.386 e. The van der Waals surface area contributed by atoms with Gasteiger partial charge in [0.15, 0.2) is 0 Å². The Morgan fingerprint density at radius 1 is 1.47 bits per heavy atom. The maximum atomic E-state index is 10.2. The molecular weight excluding hydrogens is 234 g/mol. The van der Waals surface area contributed by atoms with E-state index < -0.39 is 6.10 Å². The smallest absolute Gasteiger partial charge is 0.102 e. The van der Waals surface area contributed by atoms with Gasteiger partial charge in [0.05, 0.1) is 28.9 Å². The standard InChI is InChI=1S/C12H17N3OS/c1-4-15-7-13-6-10(15)11(16)5-12-14-8(2)9(3)17-12/h6-7,11,16H,4-5H2,1-3H3. The molecule has 5 heteroatoms. The maximum absolute atomic E-state index is 10.2. The summed E-state index contributed by atoms with van der Waals surface area (Å²) in [4.78, 5) is 9.73. The maximum Gasteiger partial charge on any atom is 0.102 e. The lowest BCUT2D eigenvalue weighted by Gasteiger charge is -2.10. The van der Waals surface area contributed by atoms with Crippen LogP contribution in [0.15, 0.2) is 12.5 Å². The monoisotopic (exact) mass is 251 g/mol. The predicted octanol–water partition coefficient (Wildman–Crippen LogP) is 2.25. The highest BCUT2D eigenvalue weighted by molar-refractivity contribution is 7.11. The Hall–Kier alpha value is -1.20. The van der Waals surface area contributed by atoms with Crippen LogP contribution in [0, 0.1) is 13.8 Å². The van der Waals surface area contributed by atoms with Gasteiger partial charge in [0.2, 0.25) is 0 Å². The Kier molecular flexibility index (Phi) is 3.59. The highest BCUT2D eigenvalue weighted by atomic mass is 32.1. The first-order chi connectivity index (χ1) is 8.11. The highest BCUT2D eigenvalue weighted by Crippen LogP contribution is 2.23. The molecule has 17 heavy (non-hydrogen) atoms. The molecule has 4 nitrogen and oxygen atoms in total. The predicted molar refractivity (Wildman–Crippen MR) is 68.2 cm³/mol. The fraction of sp³-hybridized carbons (Fsp3) is 0.500. The number of hydrogen-bond acceptors (Lipinski definition) is 4. The Balaban J connectivity index is 2.14. The molecule has 0 bridgehead atoms. The summed E-state index contributed by atoms with van der Waals surface area (Å²) in [6.45, 7) is 6.91. The zero-order valence-electron chi connectivity index (χ0n) is 10.3. The summed E-state index contributed by atoms with van der Waals surface area (Å²) >= 11 is 1.65. The van der Waals surface area contributed by atoms with Crippen molar-refractivity contribution in [1.82, 2.24) is 14.5 Å². The summed E-state index contributed by atoms with van der Waals surface area (Å²) in [6, 6.07) is 0. The van der Waals surface area contributed by atoms with Gasteiger partial charge in [0.1, 0.15) is 6.10 Å². The molecule has 1 N–H and O–H groups in total. The molecule has 0 radical (unpaired) electrons. The molecule has 2 aromatic heterocycles. The van der Waals surface area contributed by atoms with E-state index in [1.165, 1.54) is 4.88 Å². The molecule has 0 spiro atoms. The SMILES string of the molecule is CCn1cncc1C(O)Cc1nc(C)c(C)s1. The molecule has 0 amide bonds. The van der Waals surface area contributed by atoms with E-state index in [4.69, 9.17) is 0 Å². The van der Waals surface area contributed by atoms with Crippen LogP contribution in [-0.2, 0) is 13.0 Å². The summed E-state index contributed by atoms with van der Waals surface area (Å²) in [5, 5.41) is 11.2. The number of rotatable bonds is 4. The van der Waals surface area contributed by atoms with Gasteiger partial charge in [0.25, 0.3) is 0 Å². The first kappa shape index (κ1) is 12.3. The second-order valence-corrected chi connectivity index (χ2v) is 5.36. The number of nitrogens with zero attached hydrogens (tertiary/aromatic N) is 3. The van der Waals surface area contributed by atoms with Gasteiger partial charge in [0, 0.05) is 17.8 Å². The molecule has 2 rings (SSSR count). The van der Waals surface area contributed by atoms with Crippen LogP contribution in [0.4, 0.5) is 0 Å². The fourth-order valence-electron chi connectivity index (χ4n) is 1.77. The van der Waals surface area contributed by atoms with E-state index >= 15 is 0 Å². The van der Waals surface area contributed by atoms with Gasteiger partial charge in [-0.3, -0.25) is 0 Å². The summed E-state index contributed by atoms with van der Waals surface area (Å²) in [7, 11) is 0. The Morgan fingerprint density at radius 2 is 2.24 bits per heavy atom. The van der Waals surface area contributed by atoms with Crippen molar-refractivity contribution in [3.63, 3.8) is 0 Å². The van der Waals surface area contributed by atoms with Crippen LogP contribution in [-0.4, -0.2) is 19.6 Å². The van der Waals surface area contributed by atoms with Crippen LogP contribution in [0.5, 0.6) is 0 Å². The normalized spacial score (nSPS) is 12.9. The molecule has 0 saturated heterocycles. The van der Waals surface area contributed by atoms with Crippen molar-refractivity contribution in [2.24, 2.45) is 0 Å². The number of hydrogen-bond donors (Lipinski definition) is 1. The van der Waals surface area contributed by atoms with Crippen LogP contribution < -0.4 is 0 Å². The van der Waals surface area contributed by atoms with Crippen molar-refractivity contribution in [2.75, 3.05) is 0 Å². The Labute approximate surface area is 105 Å². The van der Waals surface area contributed by atoms with Crippen molar-refractivity contribution >= 4 is 11.3 Å². The number of aliphatic hydroxyl groups is 1. The molecule has 2 heterocycles. The van der Waals surface area contributed by atoms with Crippen molar-refractivity contribution in [3.8, 4) is 0 Å². The number of aromatic nitrogens is 3. The number of aliphatic hydroxyl groups excluding tert-OH is 1. The van der Waals surface area contributed by atoms with Crippen molar-refractivity contribution in [2.45, 2.75) is 39.8 Å². The minimum absolute atomic E-state index is 0.526. The number of thiazole rings is 1. The zero-order chi connectivity index (χ0) is 12.4. The van der Waals surface area contributed by atoms with Gasteiger partial charge >= 0.3 is 0 Å². The minimum atomic E-state index is -0.526. The molecule has 0 aliphatic rings. The molecule has 0 aromatic carbocycles. The molecule has 0 aliphatic heterocycles. The Bertz CT molecular complexity index is 484. The lowest BCUT2D eigenvalue weighted by Crippen LogP contribution is -2.08. The summed E-state index contributed by atoms with van der Waals surface area (Å²) < 4.78 is 1.96. The molecule has 0 aliphatic carbocycles. The molecular formula is C12H17N3OS. The zero-order valence-corrected chi connectivity index (χ0v) is 11.2. The van der Waals surface area contributed by atoms with Gasteiger partial charge in [-0.1, -0.05) is 0 Å². The first-order valence-electron chi connectivity index (χ1n) is 5.72. The molecule has 0 saturated carbocycles. The second kappa shape index (κ2) is 4.98. The van der Waals surface area contributed by atoms with Crippen molar-refractivity contribution in [1.29, 1.82) is 0 Å². The van der Waals surface area contributed by atoms with E-state index in [-0.39, 0.29) is 0 Å². The second-order valence-electron chi connectivity index (χ2n) is 4.07. The van der Waals surface area contributed by atoms with Crippen LogP contribution >= 0.6 is 11.3 Å². The highest BCUT2D eigenvalue weighted by Gasteiger charge is 2.15. The van der Waals surface area contributed by atoms with E-state index in [1.807, 2.05) is 18.4 Å². The number of aryl methyl sites for hydroxylation is 3. The molecule has 2 aromatic rings. The third kappa shape index (κ3) is 2.56. The van der Waals surface area contributed by atoms with E-state index in [0.29, 0.717) is 6.42 Å². The van der Waals surface area contributed by atoms with Gasteiger partial charge in [-0.15, -0.1) is 11.3 Å². The van der Waals surface area contributed by atoms with E-state index in [0.717, 1.165) is 22.9 Å². The quantitative estimate of drug-likeness (QED) is 0.906. The fourth-order valence-corrected chi connectivity index (χ4v) is 2.74. The molecule has 1 unspecified atom stereocenters. The molecule has 92 valence electrons. The van der Waals surface area contributed by atoms with Gasteiger partial charge in [-0.25, -0.2) is 9.97 Å². The van der Waals surface area contributed by atoms with Crippen LogP contribution in [0.2, 0.25) is 0 Å². The van der Waals surface area contributed by atoms with Crippen molar-refractivity contribution in [3.05, 3.63) is 33.8 Å². The van der Waals surface area contributed by atoms with Gasteiger partial charge < -0.3 is 9.67 Å². The topological polar surface area (TPSA) is 50.9 Å². The van der Waals surface area contributed by atoms with E-state index in [1.54, 1.807) is 23.9 Å². The van der Waals surface area contributed by atoms with Gasteiger partial charge in [-0.2, -0.15) is 0 Å². The van der Waals surface area contributed by atoms with Crippen LogP contribution in [0.1, 0.15) is 34.3 Å². The summed E-state index contributed by atoms with van der Waals surface area (Å²) in [5.41, 5.74) is 1.92. The first-order valence-corrected chi connectivity index (χ1v) is 6.54. The summed E-state index contributed by atoms with van der Waals surface area (Å²) in [5.74, 6) is 0. The Morgan fingerprint density at radius 3 is 2.82 bits per heavy atom. The molecule has 1 atom stereocenters. The minimum Gasteiger partial charge on any atom is -0.386 e. The lowest BCUT2D eigenvalue weighted by atomic mass is 10.2. The third-order valence-corrected chi connectivity index (χ3v) is 3.96. The average Bonchev–Trinajstić information content (AvgIpc) is 2.86. The lowest BCUT2D eigenvalue weighted by molar-refractivity contribution is 0.169. The number of imidazole rings is 1. The van der Waals surface area contributed by atoms with Crippen LogP contribution in [0.25, 0.3) is 0 Å². The van der Waals surface area contributed by atoms with Gasteiger partial charge in [-0.05, 0) is 20.8 Å². The van der Waals surface area contributed by atoms with Crippen LogP contribution in [0.3, 0.4) is 0 Å². The summed E-state index contributed by atoms with van der Waals surface area (Å²) in [6.07, 6.45) is 3.51.